The van der Waals surface area contributed by atoms with Gasteiger partial charge in [0, 0.05) is 17.7 Å². The number of phenols is 1. The quantitative estimate of drug-likeness (QED) is 0.266. The van der Waals surface area contributed by atoms with Crippen molar-refractivity contribution in [1.82, 2.24) is 0 Å². The van der Waals surface area contributed by atoms with Crippen LogP contribution in [0, 0.1) is 0 Å². The Bertz CT molecular complexity index is 1370. The van der Waals surface area contributed by atoms with E-state index >= 15 is 0 Å². The Balaban J connectivity index is 1.83. The molecule has 0 bridgehead atoms. The molecule has 1 saturated heterocycles. The van der Waals surface area contributed by atoms with Gasteiger partial charge in [-0.25, -0.2) is 0 Å². The van der Waals surface area contributed by atoms with E-state index in [2.05, 4.69) is 0 Å². The number of hydrogen-bond donors (Lipinski definition) is 5. The van der Waals surface area contributed by atoms with Gasteiger partial charge in [0.25, 0.3) is 0 Å². The van der Waals surface area contributed by atoms with E-state index in [1.165, 1.54) is 40.6 Å². The Morgan fingerprint density at radius 2 is 1.47 bits per heavy atom. The van der Waals surface area contributed by atoms with Gasteiger partial charge in [-0.3, -0.25) is 4.79 Å². The van der Waals surface area contributed by atoms with Crippen molar-refractivity contribution in [3.05, 3.63) is 34.7 Å². The van der Waals surface area contributed by atoms with Crippen molar-refractivity contribution >= 4 is 11.0 Å². The van der Waals surface area contributed by atoms with E-state index in [1.807, 2.05) is 0 Å². The Morgan fingerprint density at radius 1 is 0.816 bits per heavy atom. The van der Waals surface area contributed by atoms with Crippen molar-refractivity contribution in [2.75, 3.05) is 35.0 Å². The second kappa shape index (κ2) is 10.9. The highest BCUT2D eigenvalue weighted by Gasteiger charge is 2.45. The topological polar surface area (TPSA) is 187 Å². The largest absolute Gasteiger partial charge is 0.507 e. The highest BCUT2D eigenvalue weighted by atomic mass is 16.7. The van der Waals surface area contributed by atoms with Crippen molar-refractivity contribution < 1.29 is 58.4 Å². The summed E-state index contributed by atoms with van der Waals surface area (Å²) in [6.45, 7) is -0.665. The minimum absolute atomic E-state index is 0.0373. The first kappa shape index (κ1) is 27.3. The second-order valence-corrected chi connectivity index (χ2v) is 8.33. The molecule has 1 aliphatic rings. The molecule has 0 amide bonds. The summed E-state index contributed by atoms with van der Waals surface area (Å²) in [6, 6.07) is 4.12. The number of hydrogen-bond acceptors (Lipinski definition) is 13. The van der Waals surface area contributed by atoms with Crippen LogP contribution in [0.2, 0.25) is 0 Å². The summed E-state index contributed by atoms with van der Waals surface area (Å²) in [6.07, 6.45) is -6.65. The van der Waals surface area contributed by atoms with Crippen LogP contribution < -0.4 is 29.1 Å². The second-order valence-electron chi connectivity index (χ2n) is 8.33. The van der Waals surface area contributed by atoms with E-state index in [1.54, 1.807) is 0 Å². The molecule has 13 nitrogen and oxygen atoms in total. The Kier molecular flexibility index (Phi) is 7.85. The molecule has 2 unspecified atom stereocenters. The molecule has 13 heteroatoms. The molecule has 1 aromatic heterocycles. The highest BCUT2D eigenvalue weighted by molar-refractivity contribution is 5.93. The van der Waals surface area contributed by atoms with Gasteiger partial charge in [0.05, 0.1) is 40.6 Å². The molecule has 4 rings (SSSR count). The Labute approximate surface area is 215 Å². The fourth-order valence-corrected chi connectivity index (χ4v) is 4.24. The maximum atomic E-state index is 13.6. The molecule has 0 aliphatic carbocycles. The first-order valence-electron chi connectivity index (χ1n) is 11.3. The molecule has 5 N–H and O–H groups in total. The Morgan fingerprint density at radius 3 is 2.08 bits per heavy atom. The van der Waals surface area contributed by atoms with Gasteiger partial charge < -0.3 is 58.4 Å². The molecular formula is C25H28O13. The third kappa shape index (κ3) is 4.54. The van der Waals surface area contributed by atoms with Crippen LogP contribution in [-0.2, 0) is 4.74 Å². The van der Waals surface area contributed by atoms with E-state index in [-0.39, 0.29) is 33.8 Å². The Hall–Kier alpha value is -3.75. The lowest BCUT2D eigenvalue weighted by Crippen LogP contribution is -2.60. The fourth-order valence-electron chi connectivity index (χ4n) is 4.24. The SMILES string of the molecule is COc1cc(OC)c(-c2coc3c(OC)c(O[C@@H]4OC(CO)[C@@H](O)[C@H](O)C4O)cc(O)c3c2=O)cc1OC. The van der Waals surface area contributed by atoms with E-state index in [9.17, 15) is 30.3 Å². The number of fused-ring (bicyclic) bond motifs is 1. The van der Waals surface area contributed by atoms with Crippen LogP contribution in [0.15, 0.2) is 33.7 Å². The van der Waals surface area contributed by atoms with E-state index < -0.39 is 48.5 Å². The van der Waals surface area contributed by atoms with E-state index in [4.69, 9.17) is 32.8 Å². The predicted octanol–water partition coefficient (Wildman–Crippen LogP) is 0.379. The molecule has 38 heavy (non-hydrogen) atoms. The maximum Gasteiger partial charge on any atom is 0.229 e. The number of aliphatic hydroxyl groups is 4. The monoisotopic (exact) mass is 536 g/mol. The molecule has 206 valence electrons. The van der Waals surface area contributed by atoms with Crippen molar-refractivity contribution in [2.24, 2.45) is 0 Å². The van der Waals surface area contributed by atoms with Crippen molar-refractivity contribution in [1.29, 1.82) is 0 Å². The number of ether oxygens (including phenoxy) is 6. The molecule has 2 aromatic carbocycles. The van der Waals surface area contributed by atoms with Crippen LogP contribution in [0.3, 0.4) is 0 Å². The van der Waals surface area contributed by atoms with Crippen LogP contribution in [0.4, 0.5) is 0 Å². The summed E-state index contributed by atoms with van der Waals surface area (Å²) < 4.78 is 38.1. The highest BCUT2D eigenvalue weighted by Crippen LogP contribution is 2.44. The van der Waals surface area contributed by atoms with Gasteiger partial charge in [-0.05, 0) is 6.07 Å². The third-order valence-electron chi connectivity index (χ3n) is 6.24. The summed E-state index contributed by atoms with van der Waals surface area (Å²) in [7, 11) is 5.56. The van der Waals surface area contributed by atoms with Gasteiger partial charge in [0.1, 0.15) is 47.6 Å². The first-order valence-corrected chi connectivity index (χ1v) is 11.3. The fraction of sp³-hybridized carbons (Fsp3) is 0.400. The lowest BCUT2D eigenvalue weighted by atomic mass is 9.99. The number of benzene rings is 2. The lowest BCUT2D eigenvalue weighted by Gasteiger charge is -2.39. The summed E-state index contributed by atoms with van der Waals surface area (Å²) in [5, 5.41) is 50.3. The van der Waals surface area contributed by atoms with Crippen molar-refractivity contribution in [2.45, 2.75) is 30.7 Å². The molecule has 3 aromatic rings. The van der Waals surface area contributed by atoms with E-state index in [0.717, 1.165) is 12.3 Å². The number of methoxy groups -OCH3 is 4. The zero-order chi connectivity index (χ0) is 27.7. The van der Waals surface area contributed by atoms with Gasteiger partial charge >= 0.3 is 0 Å². The zero-order valence-electron chi connectivity index (χ0n) is 20.9. The minimum atomic E-state index is -1.72. The average Bonchev–Trinajstić information content (AvgIpc) is 2.92. The van der Waals surface area contributed by atoms with Crippen LogP contribution in [0.25, 0.3) is 22.1 Å². The number of rotatable bonds is 8. The molecule has 0 radical (unpaired) electrons. The summed E-state index contributed by atoms with van der Waals surface area (Å²) in [4.78, 5) is 13.6. The molecular weight excluding hydrogens is 508 g/mol. The summed E-state index contributed by atoms with van der Waals surface area (Å²) in [5.41, 5.74) is -0.469. The predicted molar refractivity (Wildman–Crippen MR) is 130 cm³/mol. The summed E-state index contributed by atoms with van der Waals surface area (Å²) in [5.74, 6) is 0.100. The van der Waals surface area contributed by atoms with Gasteiger partial charge in [0.2, 0.25) is 17.5 Å². The smallest absolute Gasteiger partial charge is 0.229 e. The van der Waals surface area contributed by atoms with E-state index in [0.29, 0.717) is 17.1 Å². The van der Waals surface area contributed by atoms with Gasteiger partial charge in [0.15, 0.2) is 22.8 Å². The normalized spacial score (nSPS) is 23.2. The van der Waals surface area contributed by atoms with Crippen molar-refractivity contribution in [3.63, 3.8) is 0 Å². The van der Waals surface area contributed by atoms with Crippen LogP contribution in [0.5, 0.6) is 34.5 Å². The molecule has 1 aliphatic heterocycles. The van der Waals surface area contributed by atoms with Crippen molar-refractivity contribution in [3.8, 4) is 45.6 Å². The van der Waals surface area contributed by atoms with Gasteiger partial charge in [-0.2, -0.15) is 0 Å². The average molecular weight is 536 g/mol. The molecule has 5 atom stereocenters. The number of aromatic hydroxyl groups is 1. The zero-order valence-corrected chi connectivity index (χ0v) is 20.9. The first-order chi connectivity index (χ1) is 18.2. The van der Waals surface area contributed by atoms with Crippen LogP contribution >= 0.6 is 0 Å². The number of phenolic OH excluding ortho intramolecular Hbond substituents is 1. The molecule has 2 heterocycles. The van der Waals surface area contributed by atoms with Crippen LogP contribution in [-0.4, -0.2) is 91.3 Å². The van der Waals surface area contributed by atoms with Gasteiger partial charge in [-0.1, -0.05) is 0 Å². The third-order valence-corrected chi connectivity index (χ3v) is 6.24. The standard InChI is InChI=1S/C25H28O13/c1-32-13-7-15(34-3)14(33-2)5-10(13)11-9-36-24-18(19(11)28)12(27)6-16(23(24)35-4)37-25-22(31)21(30)20(29)17(8-26)38-25/h5-7,9,17,20-22,25-27,29-31H,8H2,1-4H3/t17?,20-,21+,22?,25-/m1/s1. The maximum absolute atomic E-state index is 13.6. The minimum Gasteiger partial charge on any atom is -0.507 e. The molecule has 0 spiro atoms. The van der Waals surface area contributed by atoms with Gasteiger partial charge in [-0.15, -0.1) is 0 Å². The molecule has 0 saturated carbocycles. The number of aliphatic hydroxyl groups excluding tert-OH is 4. The molecule has 1 fully saturated rings. The van der Waals surface area contributed by atoms with Crippen LogP contribution in [0.1, 0.15) is 0 Å². The lowest BCUT2D eigenvalue weighted by molar-refractivity contribution is -0.277. The summed E-state index contributed by atoms with van der Waals surface area (Å²) >= 11 is 0.